The molecule has 1 saturated heterocycles. The summed E-state index contributed by atoms with van der Waals surface area (Å²) in [4.78, 5) is 23.3. The summed E-state index contributed by atoms with van der Waals surface area (Å²) < 4.78 is 0. The van der Waals surface area contributed by atoms with Crippen LogP contribution in [-0.4, -0.2) is 43.6 Å². The smallest absolute Gasteiger partial charge is 0.291 e. The van der Waals surface area contributed by atoms with Crippen molar-refractivity contribution in [1.29, 1.82) is 0 Å². The van der Waals surface area contributed by atoms with Crippen LogP contribution in [0.15, 0.2) is 24.4 Å². The van der Waals surface area contributed by atoms with Crippen molar-refractivity contribution in [1.82, 2.24) is 25.1 Å². The lowest BCUT2D eigenvalue weighted by Gasteiger charge is -2.31. The highest BCUT2D eigenvalue weighted by atomic mass is 16.2. The second kappa shape index (κ2) is 5.51. The first kappa shape index (κ1) is 13.4. The van der Waals surface area contributed by atoms with E-state index < -0.39 is 0 Å². The van der Waals surface area contributed by atoms with Crippen LogP contribution in [0.3, 0.4) is 0 Å². The SMILES string of the molecule is O=C(c1nc(-c2ccccn2)n[nH]1)N1CC[C@@H]2CCCC[C@@H]21. The van der Waals surface area contributed by atoms with Crippen molar-refractivity contribution in [3.63, 3.8) is 0 Å². The van der Waals surface area contributed by atoms with Gasteiger partial charge >= 0.3 is 0 Å². The predicted molar refractivity (Wildman–Crippen MR) is 81.0 cm³/mol. The summed E-state index contributed by atoms with van der Waals surface area (Å²) in [7, 11) is 0. The van der Waals surface area contributed by atoms with E-state index in [9.17, 15) is 4.79 Å². The first-order chi connectivity index (χ1) is 10.8. The minimum Gasteiger partial charge on any atom is -0.333 e. The van der Waals surface area contributed by atoms with Gasteiger partial charge in [-0.05, 0) is 37.3 Å². The van der Waals surface area contributed by atoms with Gasteiger partial charge < -0.3 is 4.90 Å². The Morgan fingerprint density at radius 2 is 2.14 bits per heavy atom. The number of pyridine rings is 1. The van der Waals surface area contributed by atoms with Crippen LogP contribution in [0, 0.1) is 5.92 Å². The Morgan fingerprint density at radius 1 is 1.23 bits per heavy atom. The number of nitrogens with zero attached hydrogens (tertiary/aromatic N) is 4. The molecule has 2 atom stereocenters. The molecule has 2 aromatic rings. The van der Waals surface area contributed by atoms with Gasteiger partial charge in [0.2, 0.25) is 5.82 Å². The van der Waals surface area contributed by atoms with Crippen molar-refractivity contribution in [2.24, 2.45) is 5.92 Å². The van der Waals surface area contributed by atoms with Gasteiger partial charge in [-0.25, -0.2) is 4.98 Å². The van der Waals surface area contributed by atoms with Crippen LogP contribution >= 0.6 is 0 Å². The monoisotopic (exact) mass is 297 g/mol. The van der Waals surface area contributed by atoms with E-state index in [4.69, 9.17) is 0 Å². The molecule has 0 spiro atoms. The number of rotatable bonds is 2. The minimum atomic E-state index is -0.0240. The second-order valence-electron chi connectivity index (χ2n) is 6.12. The van der Waals surface area contributed by atoms with Gasteiger partial charge in [-0.15, -0.1) is 0 Å². The van der Waals surface area contributed by atoms with E-state index in [0.717, 1.165) is 19.4 Å². The van der Waals surface area contributed by atoms with Crippen LogP contribution < -0.4 is 0 Å². The molecule has 0 bridgehead atoms. The molecule has 2 aliphatic rings. The molecule has 2 aromatic heterocycles. The molecule has 2 fully saturated rings. The summed E-state index contributed by atoms with van der Waals surface area (Å²) in [6.07, 6.45) is 7.72. The third-order valence-electron chi connectivity index (χ3n) is 4.85. The normalized spacial score (nSPS) is 24.3. The van der Waals surface area contributed by atoms with E-state index in [2.05, 4.69) is 20.2 Å². The van der Waals surface area contributed by atoms with E-state index in [1.165, 1.54) is 19.3 Å². The summed E-state index contributed by atoms with van der Waals surface area (Å²) in [5, 5.41) is 6.92. The highest BCUT2D eigenvalue weighted by molar-refractivity contribution is 5.91. The lowest BCUT2D eigenvalue weighted by atomic mass is 9.85. The first-order valence-electron chi connectivity index (χ1n) is 7.98. The number of hydrogen-bond donors (Lipinski definition) is 1. The quantitative estimate of drug-likeness (QED) is 0.922. The summed E-state index contributed by atoms with van der Waals surface area (Å²) in [6.45, 7) is 0.841. The maximum atomic E-state index is 12.7. The molecule has 1 aliphatic carbocycles. The summed E-state index contributed by atoms with van der Waals surface area (Å²) >= 11 is 0. The van der Waals surface area contributed by atoms with E-state index in [1.54, 1.807) is 6.20 Å². The topological polar surface area (TPSA) is 74.8 Å². The molecule has 1 saturated carbocycles. The number of hydrogen-bond acceptors (Lipinski definition) is 4. The highest BCUT2D eigenvalue weighted by Crippen LogP contribution is 2.36. The zero-order chi connectivity index (χ0) is 14.9. The summed E-state index contributed by atoms with van der Waals surface area (Å²) in [5.74, 6) is 1.45. The average molecular weight is 297 g/mol. The lowest BCUT2D eigenvalue weighted by Crippen LogP contribution is -2.39. The van der Waals surface area contributed by atoms with E-state index in [0.29, 0.717) is 29.3 Å². The first-order valence-corrected chi connectivity index (χ1v) is 7.98. The van der Waals surface area contributed by atoms with Gasteiger partial charge in [-0.1, -0.05) is 18.9 Å². The van der Waals surface area contributed by atoms with E-state index >= 15 is 0 Å². The fourth-order valence-corrected chi connectivity index (χ4v) is 3.76. The number of fused-ring (bicyclic) bond motifs is 1. The van der Waals surface area contributed by atoms with Crippen LogP contribution in [-0.2, 0) is 0 Å². The molecule has 6 nitrogen and oxygen atoms in total. The molecule has 0 aromatic carbocycles. The number of likely N-dealkylation sites (tertiary alicyclic amines) is 1. The number of carbonyl (C=O) groups excluding carboxylic acids is 1. The Hall–Kier alpha value is -2.24. The molecule has 22 heavy (non-hydrogen) atoms. The molecular weight excluding hydrogens is 278 g/mol. The molecule has 6 heteroatoms. The number of aromatic nitrogens is 4. The van der Waals surface area contributed by atoms with Gasteiger partial charge in [0.25, 0.3) is 5.91 Å². The van der Waals surface area contributed by atoms with Crippen molar-refractivity contribution < 1.29 is 4.79 Å². The average Bonchev–Trinajstić information content (AvgIpc) is 3.22. The zero-order valence-corrected chi connectivity index (χ0v) is 12.4. The molecule has 4 rings (SSSR count). The van der Waals surface area contributed by atoms with E-state index in [-0.39, 0.29) is 5.91 Å². The molecular formula is C16H19N5O. The summed E-state index contributed by atoms with van der Waals surface area (Å²) in [5.41, 5.74) is 0.676. The van der Waals surface area contributed by atoms with Crippen molar-refractivity contribution in [3.8, 4) is 11.5 Å². The minimum absolute atomic E-state index is 0.0240. The van der Waals surface area contributed by atoms with Gasteiger partial charge in [0.1, 0.15) is 5.69 Å². The maximum Gasteiger partial charge on any atom is 0.291 e. The van der Waals surface area contributed by atoms with Crippen LogP contribution in [0.25, 0.3) is 11.5 Å². The van der Waals surface area contributed by atoms with Gasteiger partial charge in [-0.2, -0.15) is 5.10 Å². The number of nitrogens with one attached hydrogen (secondary N) is 1. The van der Waals surface area contributed by atoms with Crippen LogP contribution in [0.2, 0.25) is 0 Å². The number of carbonyl (C=O) groups is 1. The highest BCUT2D eigenvalue weighted by Gasteiger charge is 2.39. The lowest BCUT2D eigenvalue weighted by molar-refractivity contribution is 0.0678. The van der Waals surface area contributed by atoms with Gasteiger partial charge in [0, 0.05) is 18.8 Å². The van der Waals surface area contributed by atoms with Crippen LogP contribution in [0.5, 0.6) is 0 Å². The molecule has 3 heterocycles. The fourth-order valence-electron chi connectivity index (χ4n) is 3.76. The molecule has 1 aliphatic heterocycles. The standard InChI is InChI=1S/C16H19N5O/c22-16(21-10-8-11-5-1-2-7-13(11)21)15-18-14(19-20-15)12-6-3-4-9-17-12/h3-4,6,9,11,13H,1-2,5,7-8,10H2,(H,18,19,20)/t11-,13-/m0/s1. The molecule has 0 radical (unpaired) electrons. The zero-order valence-electron chi connectivity index (χ0n) is 12.4. The van der Waals surface area contributed by atoms with Gasteiger partial charge in [0.05, 0.1) is 0 Å². The second-order valence-corrected chi connectivity index (χ2v) is 6.12. The third kappa shape index (κ3) is 2.28. The Morgan fingerprint density at radius 3 is 3.00 bits per heavy atom. The maximum absolute atomic E-state index is 12.7. The largest absolute Gasteiger partial charge is 0.333 e. The van der Waals surface area contributed by atoms with Gasteiger partial charge in [-0.3, -0.25) is 14.9 Å². The molecule has 1 N–H and O–H groups in total. The Bertz CT molecular complexity index is 668. The third-order valence-corrected chi connectivity index (χ3v) is 4.85. The number of H-pyrrole nitrogens is 1. The van der Waals surface area contributed by atoms with Crippen molar-refractivity contribution in [3.05, 3.63) is 30.2 Å². The predicted octanol–water partition coefficient (Wildman–Crippen LogP) is 2.27. The van der Waals surface area contributed by atoms with Gasteiger partial charge in [0.15, 0.2) is 5.82 Å². The van der Waals surface area contributed by atoms with Crippen molar-refractivity contribution in [2.45, 2.75) is 38.1 Å². The number of aromatic amines is 1. The molecule has 1 amide bonds. The Kier molecular flexibility index (Phi) is 3.36. The molecule has 0 unspecified atom stereocenters. The van der Waals surface area contributed by atoms with Crippen LogP contribution in [0.1, 0.15) is 42.7 Å². The van der Waals surface area contributed by atoms with Crippen molar-refractivity contribution in [2.75, 3.05) is 6.54 Å². The summed E-state index contributed by atoms with van der Waals surface area (Å²) in [6, 6.07) is 5.96. The van der Waals surface area contributed by atoms with Crippen molar-refractivity contribution >= 4 is 5.91 Å². The number of amides is 1. The van der Waals surface area contributed by atoms with Crippen LogP contribution in [0.4, 0.5) is 0 Å². The Balaban J connectivity index is 1.55. The fraction of sp³-hybridized carbons (Fsp3) is 0.500. The Labute approximate surface area is 129 Å². The van der Waals surface area contributed by atoms with E-state index in [1.807, 2.05) is 23.1 Å². The molecule has 114 valence electrons.